The van der Waals surface area contributed by atoms with E-state index in [1.165, 1.54) is 25.3 Å². The first-order chi connectivity index (χ1) is 13.4. The minimum absolute atomic E-state index is 0.0854. The van der Waals surface area contributed by atoms with E-state index >= 15 is 0 Å². The Morgan fingerprint density at radius 2 is 1.75 bits per heavy atom. The van der Waals surface area contributed by atoms with Crippen LogP contribution in [0, 0.1) is 0 Å². The predicted octanol–water partition coefficient (Wildman–Crippen LogP) is 2.79. The van der Waals surface area contributed by atoms with Crippen molar-refractivity contribution in [3.63, 3.8) is 0 Å². The van der Waals surface area contributed by atoms with Gasteiger partial charge in [0.15, 0.2) is 0 Å². The summed E-state index contributed by atoms with van der Waals surface area (Å²) in [4.78, 5) is 26.8. The number of hydrogen-bond acceptors (Lipinski definition) is 5. The molecule has 7 nitrogen and oxygen atoms in total. The molecular formula is C20H21ClN2O5. The molecule has 0 unspecified atom stereocenters. The number of benzene rings is 2. The Morgan fingerprint density at radius 3 is 2.36 bits per heavy atom. The molecule has 3 rings (SSSR count). The Balaban J connectivity index is 1.60. The van der Waals surface area contributed by atoms with Gasteiger partial charge in [-0.1, -0.05) is 11.6 Å². The minimum Gasteiger partial charge on any atom is -0.508 e. The highest BCUT2D eigenvalue weighted by molar-refractivity contribution is 6.31. The number of halogens is 1. The number of methoxy groups -OCH3 is 1. The summed E-state index contributed by atoms with van der Waals surface area (Å²) in [6, 6.07) is 8.58. The van der Waals surface area contributed by atoms with Crippen molar-refractivity contribution < 1.29 is 24.5 Å². The zero-order valence-electron chi connectivity index (χ0n) is 15.3. The second kappa shape index (κ2) is 8.39. The standard InChI is InChI=1S/C20H21ClN2O5/c1-28-18-3-2-13(21)10-17(18)19(26)22-14-4-6-23(7-5-14)20(27)12-8-15(24)11-16(25)9-12/h2-3,8-11,14,24-25H,4-7H2,1H3,(H,22,26). The number of amides is 2. The lowest BCUT2D eigenvalue weighted by molar-refractivity contribution is 0.0697. The number of carbonyl (C=O) groups is 2. The number of phenols is 2. The van der Waals surface area contributed by atoms with Crippen LogP contribution in [0.15, 0.2) is 36.4 Å². The summed E-state index contributed by atoms with van der Waals surface area (Å²) in [5.74, 6) is -0.435. The van der Waals surface area contributed by atoms with E-state index in [2.05, 4.69) is 5.32 Å². The lowest BCUT2D eigenvalue weighted by Crippen LogP contribution is -2.46. The number of likely N-dealkylation sites (tertiary alicyclic amines) is 1. The van der Waals surface area contributed by atoms with E-state index in [1.54, 1.807) is 23.1 Å². The average molecular weight is 405 g/mol. The van der Waals surface area contributed by atoms with Crippen molar-refractivity contribution in [2.75, 3.05) is 20.2 Å². The second-order valence-electron chi connectivity index (χ2n) is 6.62. The molecule has 0 aromatic heterocycles. The van der Waals surface area contributed by atoms with Crippen molar-refractivity contribution >= 4 is 23.4 Å². The third-order valence-corrected chi connectivity index (χ3v) is 4.91. The normalized spacial score (nSPS) is 14.6. The molecule has 1 aliphatic heterocycles. The summed E-state index contributed by atoms with van der Waals surface area (Å²) in [5.41, 5.74) is 0.590. The summed E-state index contributed by atoms with van der Waals surface area (Å²) in [6.07, 6.45) is 1.18. The molecule has 1 fully saturated rings. The van der Waals surface area contributed by atoms with Crippen LogP contribution in [0.5, 0.6) is 17.2 Å². The highest BCUT2D eigenvalue weighted by atomic mass is 35.5. The number of piperidine rings is 1. The molecule has 8 heteroatoms. The van der Waals surface area contributed by atoms with E-state index in [4.69, 9.17) is 16.3 Å². The molecule has 0 atom stereocenters. The third-order valence-electron chi connectivity index (χ3n) is 4.67. The molecule has 1 aliphatic rings. The smallest absolute Gasteiger partial charge is 0.255 e. The molecule has 0 spiro atoms. The summed E-state index contributed by atoms with van der Waals surface area (Å²) in [7, 11) is 1.49. The van der Waals surface area contributed by atoms with Gasteiger partial charge in [-0.15, -0.1) is 0 Å². The SMILES string of the molecule is COc1ccc(Cl)cc1C(=O)NC1CCN(C(=O)c2cc(O)cc(O)c2)CC1. The van der Waals surface area contributed by atoms with E-state index in [0.717, 1.165) is 0 Å². The van der Waals surface area contributed by atoms with Crippen molar-refractivity contribution in [1.29, 1.82) is 0 Å². The first-order valence-electron chi connectivity index (χ1n) is 8.84. The fourth-order valence-electron chi connectivity index (χ4n) is 3.25. The average Bonchev–Trinajstić information content (AvgIpc) is 2.67. The minimum atomic E-state index is -0.276. The quantitative estimate of drug-likeness (QED) is 0.727. The Kier molecular flexibility index (Phi) is 5.94. The molecule has 0 radical (unpaired) electrons. The number of hydrogen-bond donors (Lipinski definition) is 3. The second-order valence-corrected chi connectivity index (χ2v) is 7.06. The van der Waals surface area contributed by atoms with Gasteiger partial charge >= 0.3 is 0 Å². The van der Waals surface area contributed by atoms with E-state index in [9.17, 15) is 19.8 Å². The number of phenolic OH excluding ortho intramolecular Hbond substituents is 2. The molecule has 3 N–H and O–H groups in total. The molecule has 2 aromatic rings. The number of nitrogens with zero attached hydrogens (tertiary/aromatic N) is 1. The van der Waals surface area contributed by atoms with Crippen LogP contribution >= 0.6 is 11.6 Å². The number of aromatic hydroxyl groups is 2. The summed E-state index contributed by atoms with van der Waals surface area (Å²) < 4.78 is 5.21. The predicted molar refractivity (Wildman–Crippen MR) is 104 cm³/mol. The van der Waals surface area contributed by atoms with Crippen molar-refractivity contribution in [3.8, 4) is 17.2 Å². The Morgan fingerprint density at radius 1 is 1.11 bits per heavy atom. The van der Waals surface area contributed by atoms with Crippen LogP contribution in [-0.4, -0.2) is 53.2 Å². The van der Waals surface area contributed by atoms with Crippen LogP contribution in [0.3, 0.4) is 0 Å². The largest absolute Gasteiger partial charge is 0.508 e. The lowest BCUT2D eigenvalue weighted by Gasteiger charge is -2.32. The van der Waals surface area contributed by atoms with E-state index in [1.807, 2.05) is 0 Å². The molecule has 2 aromatic carbocycles. The van der Waals surface area contributed by atoms with E-state index in [-0.39, 0.29) is 34.9 Å². The van der Waals surface area contributed by atoms with Crippen LogP contribution in [0.2, 0.25) is 5.02 Å². The van der Waals surface area contributed by atoms with Gasteiger partial charge in [0.05, 0.1) is 12.7 Å². The monoisotopic (exact) mass is 404 g/mol. The van der Waals surface area contributed by atoms with Crippen LogP contribution < -0.4 is 10.1 Å². The van der Waals surface area contributed by atoms with Gasteiger partial charge in [-0.05, 0) is 43.2 Å². The first kappa shape index (κ1) is 19.8. The number of nitrogens with one attached hydrogen (secondary N) is 1. The first-order valence-corrected chi connectivity index (χ1v) is 9.22. The lowest BCUT2D eigenvalue weighted by atomic mass is 10.0. The molecular weight excluding hydrogens is 384 g/mol. The number of ether oxygens (including phenoxy) is 1. The van der Waals surface area contributed by atoms with Crippen molar-refractivity contribution in [2.45, 2.75) is 18.9 Å². The van der Waals surface area contributed by atoms with Crippen LogP contribution in [0.1, 0.15) is 33.6 Å². The van der Waals surface area contributed by atoms with Crippen molar-refractivity contribution in [1.82, 2.24) is 10.2 Å². The fraction of sp³-hybridized carbons (Fsp3) is 0.300. The van der Waals surface area contributed by atoms with Gasteiger partial charge in [0, 0.05) is 35.8 Å². The summed E-state index contributed by atoms with van der Waals surface area (Å²) in [6.45, 7) is 0.903. The zero-order chi connectivity index (χ0) is 20.3. The maximum Gasteiger partial charge on any atom is 0.255 e. The molecule has 28 heavy (non-hydrogen) atoms. The summed E-state index contributed by atoms with van der Waals surface area (Å²) in [5, 5.41) is 22.5. The molecule has 0 aliphatic carbocycles. The Bertz CT molecular complexity index is 874. The maximum atomic E-state index is 12.6. The topological polar surface area (TPSA) is 99.1 Å². The summed E-state index contributed by atoms with van der Waals surface area (Å²) >= 11 is 5.98. The van der Waals surface area contributed by atoms with Gasteiger partial charge in [-0.3, -0.25) is 9.59 Å². The third kappa shape index (κ3) is 4.48. The van der Waals surface area contributed by atoms with Crippen LogP contribution in [0.4, 0.5) is 0 Å². The van der Waals surface area contributed by atoms with Gasteiger partial charge in [0.2, 0.25) is 0 Å². The van der Waals surface area contributed by atoms with Gasteiger partial charge in [-0.25, -0.2) is 0 Å². The molecule has 1 heterocycles. The molecule has 1 saturated heterocycles. The Labute approximate surface area is 167 Å². The van der Waals surface area contributed by atoms with Crippen LogP contribution in [-0.2, 0) is 0 Å². The van der Waals surface area contributed by atoms with Gasteiger partial charge in [-0.2, -0.15) is 0 Å². The van der Waals surface area contributed by atoms with E-state index < -0.39 is 0 Å². The van der Waals surface area contributed by atoms with Gasteiger partial charge < -0.3 is 25.2 Å². The molecule has 2 amide bonds. The van der Waals surface area contributed by atoms with Crippen LogP contribution in [0.25, 0.3) is 0 Å². The number of carbonyl (C=O) groups excluding carboxylic acids is 2. The zero-order valence-corrected chi connectivity index (χ0v) is 16.1. The highest BCUT2D eigenvalue weighted by Gasteiger charge is 2.26. The van der Waals surface area contributed by atoms with Gasteiger partial charge in [0.1, 0.15) is 17.2 Å². The van der Waals surface area contributed by atoms with Crippen molar-refractivity contribution in [3.05, 3.63) is 52.5 Å². The van der Waals surface area contributed by atoms with E-state index in [0.29, 0.717) is 42.3 Å². The molecule has 0 saturated carbocycles. The Hall–Kier alpha value is -2.93. The molecule has 148 valence electrons. The fourth-order valence-corrected chi connectivity index (χ4v) is 3.42. The number of rotatable bonds is 4. The van der Waals surface area contributed by atoms with Crippen molar-refractivity contribution in [2.24, 2.45) is 0 Å². The van der Waals surface area contributed by atoms with Gasteiger partial charge in [0.25, 0.3) is 11.8 Å². The maximum absolute atomic E-state index is 12.6. The highest BCUT2D eigenvalue weighted by Crippen LogP contribution is 2.25. The molecule has 0 bridgehead atoms.